The third-order valence-corrected chi connectivity index (χ3v) is 3.83. The molecule has 0 amide bonds. The summed E-state index contributed by atoms with van der Waals surface area (Å²) in [5, 5.41) is 5.58. The van der Waals surface area contributed by atoms with Gasteiger partial charge in [-0.05, 0) is 48.4 Å². The second-order valence-electron chi connectivity index (χ2n) is 4.66. The molecule has 0 bridgehead atoms. The van der Waals surface area contributed by atoms with Crippen LogP contribution in [0.15, 0.2) is 46.9 Å². The number of hydrogen-bond donors (Lipinski definition) is 1. The summed E-state index contributed by atoms with van der Waals surface area (Å²) in [5.74, 6) is 0. The molecular weight excluding hydrogens is 293 g/mol. The molecule has 0 unspecified atom stereocenters. The van der Waals surface area contributed by atoms with Crippen LogP contribution in [0.2, 0.25) is 10.2 Å². The summed E-state index contributed by atoms with van der Waals surface area (Å²) >= 11 is 12.1. The number of halogens is 2. The first-order valence-electron chi connectivity index (χ1n) is 6.31. The Morgan fingerprint density at radius 1 is 1.10 bits per heavy atom. The van der Waals surface area contributed by atoms with Gasteiger partial charge in [-0.25, -0.2) is 0 Å². The van der Waals surface area contributed by atoms with Crippen LogP contribution in [-0.4, -0.2) is 0 Å². The molecule has 4 heteroatoms. The molecule has 2 nitrogen and oxygen atoms in total. The first-order chi connectivity index (χ1) is 9.65. The lowest BCUT2D eigenvalue weighted by Gasteiger charge is -2.09. The molecule has 0 saturated heterocycles. The Morgan fingerprint density at radius 2 is 1.90 bits per heavy atom. The Labute approximate surface area is 127 Å². The van der Waals surface area contributed by atoms with Crippen LogP contribution in [0.25, 0.3) is 11.0 Å². The van der Waals surface area contributed by atoms with E-state index >= 15 is 0 Å². The van der Waals surface area contributed by atoms with E-state index in [0.717, 1.165) is 32.8 Å². The van der Waals surface area contributed by atoms with E-state index in [0.29, 0.717) is 11.8 Å². The number of nitrogens with one attached hydrogen (secondary N) is 1. The SMILES string of the molecule is Cc1cc(Cl)ccc1NCc1c(Cl)oc2ccccc12. The van der Waals surface area contributed by atoms with Crippen molar-refractivity contribution in [1.29, 1.82) is 0 Å². The number of rotatable bonds is 3. The van der Waals surface area contributed by atoms with Gasteiger partial charge in [0.2, 0.25) is 0 Å². The Morgan fingerprint density at radius 3 is 2.70 bits per heavy atom. The summed E-state index contributed by atoms with van der Waals surface area (Å²) in [6.45, 7) is 2.63. The highest BCUT2D eigenvalue weighted by Crippen LogP contribution is 2.30. The third-order valence-electron chi connectivity index (χ3n) is 3.29. The molecule has 102 valence electrons. The number of anilines is 1. The van der Waals surface area contributed by atoms with Crippen LogP contribution in [0.4, 0.5) is 5.69 Å². The second-order valence-corrected chi connectivity index (χ2v) is 5.44. The van der Waals surface area contributed by atoms with Crippen molar-refractivity contribution in [2.45, 2.75) is 13.5 Å². The zero-order chi connectivity index (χ0) is 14.1. The smallest absolute Gasteiger partial charge is 0.199 e. The molecule has 20 heavy (non-hydrogen) atoms. The maximum Gasteiger partial charge on any atom is 0.199 e. The van der Waals surface area contributed by atoms with Crippen molar-refractivity contribution in [3.63, 3.8) is 0 Å². The van der Waals surface area contributed by atoms with Crippen molar-refractivity contribution >= 4 is 39.9 Å². The van der Waals surface area contributed by atoms with Gasteiger partial charge in [0.05, 0.1) is 0 Å². The summed E-state index contributed by atoms with van der Waals surface area (Å²) in [7, 11) is 0. The van der Waals surface area contributed by atoms with Gasteiger partial charge in [0.15, 0.2) is 5.22 Å². The van der Waals surface area contributed by atoms with Crippen LogP contribution in [0.5, 0.6) is 0 Å². The maximum atomic E-state index is 6.17. The Hall–Kier alpha value is -1.64. The number of fused-ring (bicyclic) bond motifs is 1. The zero-order valence-electron chi connectivity index (χ0n) is 10.9. The Bertz CT molecular complexity index is 764. The average molecular weight is 306 g/mol. The van der Waals surface area contributed by atoms with Crippen molar-refractivity contribution in [2.24, 2.45) is 0 Å². The van der Waals surface area contributed by atoms with Gasteiger partial charge < -0.3 is 9.73 Å². The van der Waals surface area contributed by atoms with Gasteiger partial charge in [-0.2, -0.15) is 0 Å². The van der Waals surface area contributed by atoms with Crippen LogP contribution < -0.4 is 5.32 Å². The number of aryl methyl sites for hydroxylation is 1. The Kier molecular flexibility index (Phi) is 3.60. The summed E-state index contributed by atoms with van der Waals surface area (Å²) in [5.41, 5.74) is 3.91. The summed E-state index contributed by atoms with van der Waals surface area (Å²) < 4.78 is 5.54. The fourth-order valence-electron chi connectivity index (χ4n) is 2.24. The van der Waals surface area contributed by atoms with Crippen molar-refractivity contribution in [3.8, 4) is 0 Å². The lowest BCUT2D eigenvalue weighted by atomic mass is 10.1. The highest BCUT2D eigenvalue weighted by molar-refractivity contribution is 6.31. The molecule has 1 heterocycles. The van der Waals surface area contributed by atoms with Crippen molar-refractivity contribution in [1.82, 2.24) is 0 Å². The maximum absolute atomic E-state index is 6.17. The highest BCUT2D eigenvalue weighted by Gasteiger charge is 2.12. The summed E-state index contributed by atoms with van der Waals surface area (Å²) in [6.07, 6.45) is 0. The molecule has 1 aromatic heterocycles. The van der Waals surface area contributed by atoms with Gasteiger partial charge >= 0.3 is 0 Å². The Balaban J connectivity index is 1.88. The largest absolute Gasteiger partial charge is 0.444 e. The van der Waals surface area contributed by atoms with Crippen molar-refractivity contribution in [2.75, 3.05) is 5.32 Å². The van der Waals surface area contributed by atoms with Crippen LogP contribution >= 0.6 is 23.2 Å². The lowest BCUT2D eigenvalue weighted by molar-refractivity contribution is 0.613. The first kappa shape index (κ1) is 13.3. The number of hydrogen-bond acceptors (Lipinski definition) is 2. The number of benzene rings is 2. The average Bonchev–Trinajstić information content (AvgIpc) is 2.74. The van der Waals surface area contributed by atoms with Gasteiger partial charge in [0.25, 0.3) is 0 Å². The molecule has 0 atom stereocenters. The standard InChI is InChI=1S/C16H13Cl2NO/c1-10-8-11(17)6-7-14(10)19-9-13-12-4-2-3-5-15(12)20-16(13)18/h2-8,19H,9H2,1H3. The minimum atomic E-state index is 0.435. The molecule has 2 aromatic carbocycles. The normalized spacial score (nSPS) is 10.9. The van der Waals surface area contributed by atoms with Crippen LogP contribution in [-0.2, 0) is 6.54 Å². The van der Waals surface area contributed by atoms with Gasteiger partial charge in [0.1, 0.15) is 5.58 Å². The molecule has 0 fully saturated rings. The summed E-state index contributed by atoms with van der Waals surface area (Å²) in [4.78, 5) is 0. The number of para-hydroxylation sites is 1. The van der Waals surface area contributed by atoms with Crippen molar-refractivity contribution in [3.05, 3.63) is 63.8 Å². The second kappa shape index (κ2) is 5.39. The molecular formula is C16H13Cl2NO. The number of furan rings is 1. The van der Waals surface area contributed by atoms with E-state index in [1.807, 2.05) is 49.4 Å². The lowest BCUT2D eigenvalue weighted by Crippen LogP contribution is -2.00. The minimum Gasteiger partial charge on any atom is -0.444 e. The zero-order valence-corrected chi connectivity index (χ0v) is 12.4. The van der Waals surface area contributed by atoms with Crippen LogP contribution in [0, 0.1) is 6.92 Å². The van der Waals surface area contributed by atoms with E-state index in [1.165, 1.54) is 0 Å². The molecule has 3 aromatic rings. The predicted molar refractivity (Wildman–Crippen MR) is 84.7 cm³/mol. The topological polar surface area (TPSA) is 25.2 Å². The molecule has 1 N–H and O–H groups in total. The fourth-order valence-corrected chi connectivity index (χ4v) is 2.72. The molecule has 0 aliphatic heterocycles. The van der Waals surface area contributed by atoms with E-state index in [4.69, 9.17) is 27.6 Å². The third kappa shape index (κ3) is 2.49. The summed E-state index contributed by atoms with van der Waals surface area (Å²) in [6, 6.07) is 13.6. The minimum absolute atomic E-state index is 0.435. The van der Waals surface area contributed by atoms with Gasteiger partial charge in [0, 0.05) is 28.2 Å². The first-order valence-corrected chi connectivity index (χ1v) is 7.06. The monoisotopic (exact) mass is 305 g/mol. The van der Waals surface area contributed by atoms with E-state index in [1.54, 1.807) is 0 Å². The molecule has 0 aliphatic rings. The van der Waals surface area contributed by atoms with Crippen molar-refractivity contribution < 1.29 is 4.42 Å². The van der Waals surface area contributed by atoms with Crippen LogP contribution in [0.3, 0.4) is 0 Å². The van der Waals surface area contributed by atoms with Gasteiger partial charge in [-0.3, -0.25) is 0 Å². The van der Waals surface area contributed by atoms with E-state index in [9.17, 15) is 0 Å². The molecule has 0 saturated carbocycles. The van der Waals surface area contributed by atoms with E-state index < -0.39 is 0 Å². The molecule has 0 radical (unpaired) electrons. The quantitative estimate of drug-likeness (QED) is 0.675. The van der Waals surface area contributed by atoms with E-state index in [-0.39, 0.29) is 0 Å². The van der Waals surface area contributed by atoms with Gasteiger partial charge in [-0.1, -0.05) is 29.8 Å². The predicted octanol–water partition coefficient (Wildman–Crippen LogP) is 5.66. The molecule has 0 aliphatic carbocycles. The highest BCUT2D eigenvalue weighted by atomic mass is 35.5. The molecule has 0 spiro atoms. The fraction of sp³-hybridized carbons (Fsp3) is 0.125. The van der Waals surface area contributed by atoms with Gasteiger partial charge in [-0.15, -0.1) is 0 Å². The van der Waals surface area contributed by atoms with Crippen LogP contribution in [0.1, 0.15) is 11.1 Å². The van der Waals surface area contributed by atoms with E-state index in [2.05, 4.69) is 5.32 Å². The molecule has 3 rings (SSSR count).